The lowest BCUT2D eigenvalue weighted by Crippen LogP contribution is -2.41. The maximum atomic E-state index is 5.90. The molecule has 2 aromatic carbocycles. The molecule has 1 aliphatic heterocycles. The lowest BCUT2D eigenvalue weighted by Gasteiger charge is -2.32. The zero-order valence-electron chi connectivity index (χ0n) is 16.1. The zero-order valence-corrected chi connectivity index (χ0v) is 17.7. The van der Waals surface area contributed by atoms with Crippen molar-refractivity contribution < 1.29 is 18.1 Å². The van der Waals surface area contributed by atoms with Gasteiger partial charge < -0.3 is 18.1 Å². The normalized spacial score (nSPS) is 17.7. The third-order valence-electron chi connectivity index (χ3n) is 5.03. The van der Waals surface area contributed by atoms with Crippen LogP contribution in [-0.4, -0.2) is 28.3 Å². The van der Waals surface area contributed by atoms with Crippen molar-refractivity contribution in [1.29, 1.82) is 0 Å². The summed E-state index contributed by atoms with van der Waals surface area (Å²) in [5, 5.41) is 0. The molecule has 0 N–H and O–H groups in total. The van der Waals surface area contributed by atoms with Gasteiger partial charge in [0.2, 0.25) is 5.79 Å². The second kappa shape index (κ2) is 7.02. The number of nitrogens with zero attached hydrogens (tertiary/aromatic N) is 2. The first-order valence-electron chi connectivity index (χ1n) is 8.97. The summed E-state index contributed by atoms with van der Waals surface area (Å²) in [6.45, 7) is 8.04. The molecule has 3 heterocycles. The Hall–Kier alpha value is -2.16. The van der Waals surface area contributed by atoms with Gasteiger partial charge in [0, 0.05) is 15.9 Å². The van der Waals surface area contributed by atoms with E-state index in [0.717, 1.165) is 22.2 Å². The number of aromatic nitrogens is 2. The third-order valence-corrected chi connectivity index (χ3v) is 5.37. The Bertz CT molecular complexity index is 1040. The summed E-state index contributed by atoms with van der Waals surface area (Å²) in [5.74, 6) is 0.481. The molecular formula is C20H20BBrN2O4. The number of para-hydroxylation sites is 4. The molecule has 0 atom stereocenters. The minimum absolute atomic E-state index is 0.377. The van der Waals surface area contributed by atoms with Crippen molar-refractivity contribution in [3.63, 3.8) is 0 Å². The SMILES string of the molecule is Brc1nc2ccccc2o1.CC1(C)OB(c2nc3ccccc3o2)OC1(C)C. The molecule has 0 saturated carbocycles. The topological polar surface area (TPSA) is 70.5 Å². The monoisotopic (exact) mass is 442 g/mol. The second-order valence-electron chi connectivity index (χ2n) is 7.54. The van der Waals surface area contributed by atoms with Gasteiger partial charge in [-0.25, -0.2) is 9.97 Å². The van der Waals surface area contributed by atoms with Gasteiger partial charge in [0.05, 0.1) is 11.2 Å². The van der Waals surface area contributed by atoms with Crippen LogP contribution in [0.1, 0.15) is 27.7 Å². The molecule has 1 aliphatic rings. The maximum Gasteiger partial charge on any atom is 0.554 e. The van der Waals surface area contributed by atoms with E-state index in [1.807, 2.05) is 76.2 Å². The highest BCUT2D eigenvalue weighted by Crippen LogP contribution is 2.36. The van der Waals surface area contributed by atoms with Gasteiger partial charge in [0.15, 0.2) is 11.2 Å². The number of rotatable bonds is 1. The van der Waals surface area contributed by atoms with Crippen molar-refractivity contribution in [3.05, 3.63) is 53.3 Å². The standard InChI is InChI=1S/C13H16BNO3.C7H4BrNO/c1-12(2)13(3,4)18-14(17-12)11-15-9-7-5-6-8-10(9)16-11;8-7-9-5-3-1-2-4-6(5)10-7/h5-8H,1-4H3;1-4H. The van der Waals surface area contributed by atoms with Crippen LogP contribution in [0.25, 0.3) is 22.2 Å². The van der Waals surface area contributed by atoms with Gasteiger partial charge >= 0.3 is 7.12 Å². The van der Waals surface area contributed by atoms with Crippen LogP contribution < -0.4 is 5.79 Å². The van der Waals surface area contributed by atoms with E-state index in [2.05, 4.69) is 25.9 Å². The molecule has 0 amide bonds. The Morgan fingerprint density at radius 3 is 1.79 bits per heavy atom. The van der Waals surface area contributed by atoms with Crippen LogP contribution in [0.5, 0.6) is 0 Å². The van der Waals surface area contributed by atoms with Crippen LogP contribution in [0.15, 0.2) is 62.2 Å². The fourth-order valence-electron chi connectivity index (χ4n) is 2.78. The molecule has 2 aromatic heterocycles. The van der Waals surface area contributed by atoms with Gasteiger partial charge in [0.1, 0.15) is 11.0 Å². The van der Waals surface area contributed by atoms with Crippen molar-refractivity contribution in [3.8, 4) is 0 Å². The van der Waals surface area contributed by atoms with Crippen molar-refractivity contribution in [2.24, 2.45) is 0 Å². The molecule has 0 spiro atoms. The van der Waals surface area contributed by atoms with Crippen molar-refractivity contribution >= 4 is 51.0 Å². The van der Waals surface area contributed by atoms with Gasteiger partial charge in [0.25, 0.3) is 4.80 Å². The van der Waals surface area contributed by atoms with Crippen molar-refractivity contribution in [2.45, 2.75) is 38.9 Å². The van der Waals surface area contributed by atoms with E-state index in [1.54, 1.807) is 0 Å². The van der Waals surface area contributed by atoms with Crippen LogP contribution in [-0.2, 0) is 9.31 Å². The molecule has 28 heavy (non-hydrogen) atoms. The molecule has 0 aliphatic carbocycles. The molecule has 1 fully saturated rings. The summed E-state index contributed by atoms with van der Waals surface area (Å²) in [6.07, 6.45) is 0. The third kappa shape index (κ3) is 3.59. The Labute approximate surface area is 171 Å². The molecule has 0 bridgehead atoms. The number of fused-ring (bicyclic) bond motifs is 2. The quantitative estimate of drug-likeness (QED) is 0.397. The van der Waals surface area contributed by atoms with Gasteiger partial charge in [-0.3, -0.25) is 0 Å². The van der Waals surface area contributed by atoms with E-state index >= 15 is 0 Å². The van der Waals surface area contributed by atoms with Crippen LogP contribution >= 0.6 is 15.9 Å². The molecule has 0 unspecified atom stereocenters. The lowest BCUT2D eigenvalue weighted by molar-refractivity contribution is 0.00578. The predicted molar refractivity (Wildman–Crippen MR) is 111 cm³/mol. The number of halogens is 1. The number of hydrogen-bond donors (Lipinski definition) is 0. The Kier molecular flexibility index (Phi) is 4.81. The minimum atomic E-state index is -0.539. The zero-order chi connectivity index (χ0) is 19.9. The number of oxazole rings is 2. The van der Waals surface area contributed by atoms with Crippen LogP contribution in [0.2, 0.25) is 0 Å². The van der Waals surface area contributed by atoms with Crippen LogP contribution in [0, 0.1) is 0 Å². The molecule has 1 saturated heterocycles. The highest BCUT2D eigenvalue weighted by molar-refractivity contribution is 9.10. The van der Waals surface area contributed by atoms with Crippen molar-refractivity contribution in [2.75, 3.05) is 0 Å². The summed E-state index contributed by atoms with van der Waals surface area (Å²) in [4.78, 5) is 9.01. The summed E-state index contributed by atoms with van der Waals surface area (Å²) in [7, 11) is -0.539. The van der Waals surface area contributed by atoms with E-state index in [9.17, 15) is 0 Å². The predicted octanol–water partition coefficient (Wildman–Crippen LogP) is 4.72. The summed E-state index contributed by atoms with van der Waals surface area (Å²) in [5.41, 5.74) is 2.52. The molecule has 4 aromatic rings. The summed E-state index contributed by atoms with van der Waals surface area (Å²) >= 11 is 3.15. The summed E-state index contributed by atoms with van der Waals surface area (Å²) < 4.78 is 22.7. The minimum Gasteiger partial charge on any atom is -0.444 e. The first kappa shape index (κ1) is 19.2. The van der Waals surface area contributed by atoms with E-state index < -0.39 is 7.12 Å². The average molecular weight is 443 g/mol. The molecule has 5 rings (SSSR count). The Balaban J connectivity index is 0.000000162. The molecule has 144 valence electrons. The molecular weight excluding hydrogens is 423 g/mol. The average Bonchev–Trinajstić information content (AvgIpc) is 3.28. The Morgan fingerprint density at radius 2 is 1.25 bits per heavy atom. The van der Waals surface area contributed by atoms with Crippen LogP contribution in [0.3, 0.4) is 0 Å². The fraction of sp³-hybridized carbons (Fsp3) is 0.300. The first-order valence-corrected chi connectivity index (χ1v) is 9.77. The van der Waals surface area contributed by atoms with Crippen molar-refractivity contribution in [1.82, 2.24) is 9.97 Å². The summed E-state index contributed by atoms with van der Waals surface area (Å²) in [6, 6.07) is 15.3. The lowest BCUT2D eigenvalue weighted by atomic mass is 9.90. The molecule has 8 heteroatoms. The smallest absolute Gasteiger partial charge is 0.444 e. The highest BCUT2D eigenvalue weighted by Gasteiger charge is 2.53. The fourth-order valence-corrected chi connectivity index (χ4v) is 3.14. The van der Waals surface area contributed by atoms with E-state index in [-0.39, 0.29) is 11.2 Å². The molecule has 0 radical (unpaired) electrons. The second-order valence-corrected chi connectivity index (χ2v) is 8.22. The highest BCUT2D eigenvalue weighted by atomic mass is 79.9. The Morgan fingerprint density at radius 1 is 0.750 bits per heavy atom. The largest absolute Gasteiger partial charge is 0.554 e. The van der Waals surface area contributed by atoms with E-state index in [4.69, 9.17) is 18.1 Å². The van der Waals surface area contributed by atoms with Gasteiger partial charge in [-0.2, -0.15) is 0 Å². The number of hydrogen-bond acceptors (Lipinski definition) is 6. The van der Waals surface area contributed by atoms with Crippen LogP contribution in [0.4, 0.5) is 0 Å². The van der Waals surface area contributed by atoms with E-state index in [0.29, 0.717) is 10.6 Å². The first-order chi connectivity index (χ1) is 13.2. The van der Waals surface area contributed by atoms with Gasteiger partial charge in [-0.1, -0.05) is 24.3 Å². The van der Waals surface area contributed by atoms with Gasteiger partial charge in [-0.15, -0.1) is 0 Å². The van der Waals surface area contributed by atoms with Gasteiger partial charge in [-0.05, 0) is 52.0 Å². The maximum absolute atomic E-state index is 5.90. The number of benzene rings is 2. The molecule has 6 nitrogen and oxygen atoms in total. The van der Waals surface area contributed by atoms with E-state index in [1.165, 1.54) is 0 Å².